The molecule has 0 aromatic carbocycles. The molecule has 1 amide bonds. The Labute approximate surface area is 146 Å². The van der Waals surface area contributed by atoms with Gasteiger partial charge in [-0.15, -0.1) is 0 Å². The molecular weight excluding hydrogens is 324 g/mol. The predicted molar refractivity (Wildman–Crippen MR) is 95.4 cm³/mol. The van der Waals surface area contributed by atoms with Crippen LogP contribution in [0.5, 0.6) is 0 Å². The molecule has 3 rings (SSSR count). The number of aryl methyl sites for hydroxylation is 2. The Balaban J connectivity index is 1.64. The molecule has 3 heterocycles. The van der Waals surface area contributed by atoms with Gasteiger partial charge in [-0.2, -0.15) is 9.47 Å². The number of aromatic nitrogens is 3. The van der Waals surface area contributed by atoms with Crippen LogP contribution in [-0.2, 0) is 13.6 Å². The van der Waals surface area contributed by atoms with E-state index in [1.165, 1.54) is 17.1 Å². The summed E-state index contributed by atoms with van der Waals surface area (Å²) in [6.07, 6.45) is 4.94. The molecule has 0 atom stereocenters. The van der Waals surface area contributed by atoms with E-state index in [9.17, 15) is 4.79 Å². The summed E-state index contributed by atoms with van der Waals surface area (Å²) in [5.41, 5.74) is 2.75. The molecule has 0 bridgehead atoms. The quantitative estimate of drug-likeness (QED) is 0.909. The highest BCUT2D eigenvalue weighted by atomic mass is 32.1. The lowest BCUT2D eigenvalue weighted by molar-refractivity contribution is 0.0761. The summed E-state index contributed by atoms with van der Waals surface area (Å²) < 4.78 is 6.14. The van der Waals surface area contributed by atoms with Crippen molar-refractivity contribution in [3.8, 4) is 0 Å². The maximum atomic E-state index is 12.9. The smallest absolute Gasteiger partial charge is 0.258 e. The third kappa shape index (κ3) is 3.59. The van der Waals surface area contributed by atoms with Crippen LogP contribution in [0.4, 0.5) is 5.00 Å². The number of anilines is 1. The first-order valence-electron chi connectivity index (χ1n) is 8.21. The minimum Gasteiger partial charge on any atom is -0.378 e. The highest BCUT2D eigenvalue weighted by molar-refractivity contribution is 7.10. The van der Waals surface area contributed by atoms with Gasteiger partial charge in [-0.3, -0.25) is 14.4 Å². The molecule has 2 aromatic rings. The number of rotatable bonds is 4. The van der Waals surface area contributed by atoms with Crippen LogP contribution in [-0.4, -0.2) is 63.1 Å². The Morgan fingerprint density at radius 1 is 1.33 bits per heavy atom. The number of hydrogen-bond donors (Lipinski definition) is 1. The van der Waals surface area contributed by atoms with Gasteiger partial charge >= 0.3 is 0 Å². The Bertz CT molecular complexity index is 709. The van der Waals surface area contributed by atoms with Gasteiger partial charge in [0, 0.05) is 58.6 Å². The highest BCUT2D eigenvalue weighted by Crippen LogP contribution is 2.25. The number of hydrogen-bond acceptors (Lipinski definition) is 6. The predicted octanol–water partition coefficient (Wildman–Crippen LogP) is 1.57. The Kier molecular flexibility index (Phi) is 5.15. The van der Waals surface area contributed by atoms with E-state index in [2.05, 4.69) is 19.7 Å². The van der Waals surface area contributed by atoms with E-state index in [1.54, 1.807) is 0 Å². The van der Waals surface area contributed by atoms with Crippen LogP contribution in [0.2, 0.25) is 0 Å². The number of nitrogens with zero attached hydrogens (tertiary/aromatic N) is 5. The molecule has 1 aliphatic rings. The Hall–Kier alpha value is -1.93. The van der Waals surface area contributed by atoms with E-state index in [0.717, 1.165) is 55.4 Å². The molecule has 0 saturated carbocycles. The number of carbonyl (C=O) groups is 1. The second-order valence-corrected chi connectivity index (χ2v) is 6.94. The van der Waals surface area contributed by atoms with Gasteiger partial charge in [-0.1, -0.05) is 0 Å². The van der Waals surface area contributed by atoms with Crippen molar-refractivity contribution < 1.29 is 4.79 Å². The minimum absolute atomic E-state index is 0.0915. The van der Waals surface area contributed by atoms with Crippen LogP contribution in [0.3, 0.4) is 0 Å². The van der Waals surface area contributed by atoms with E-state index in [1.807, 2.05) is 43.0 Å². The van der Waals surface area contributed by atoms with E-state index < -0.39 is 0 Å². The molecule has 24 heavy (non-hydrogen) atoms. The summed E-state index contributed by atoms with van der Waals surface area (Å²) in [7, 11) is 3.77. The van der Waals surface area contributed by atoms with Crippen LogP contribution in [0.15, 0.2) is 12.4 Å². The Morgan fingerprint density at radius 2 is 2.17 bits per heavy atom. The molecule has 130 valence electrons. The first-order chi connectivity index (χ1) is 11.6. The van der Waals surface area contributed by atoms with Crippen LogP contribution >= 0.6 is 11.5 Å². The van der Waals surface area contributed by atoms with Crippen molar-refractivity contribution in [2.45, 2.75) is 19.9 Å². The lowest BCUT2D eigenvalue weighted by atomic mass is 10.2. The summed E-state index contributed by atoms with van der Waals surface area (Å²) in [6.45, 7) is 6.21. The van der Waals surface area contributed by atoms with Gasteiger partial charge in [-0.25, -0.2) is 0 Å². The molecule has 7 nitrogen and oxygen atoms in total. The zero-order valence-electron chi connectivity index (χ0n) is 14.4. The largest absolute Gasteiger partial charge is 0.378 e. The van der Waals surface area contributed by atoms with Crippen LogP contribution in [0.1, 0.15) is 28.0 Å². The fourth-order valence-electron chi connectivity index (χ4n) is 3.09. The second-order valence-electron chi connectivity index (χ2n) is 6.17. The zero-order valence-corrected chi connectivity index (χ0v) is 15.3. The van der Waals surface area contributed by atoms with Crippen molar-refractivity contribution in [1.82, 2.24) is 24.0 Å². The molecule has 2 aromatic heterocycles. The summed E-state index contributed by atoms with van der Waals surface area (Å²) in [6, 6.07) is 0. The zero-order chi connectivity index (χ0) is 17.1. The van der Waals surface area contributed by atoms with E-state index in [-0.39, 0.29) is 5.91 Å². The van der Waals surface area contributed by atoms with Crippen LogP contribution in [0.25, 0.3) is 0 Å². The molecule has 8 heteroatoms. The molecule has 1 fully saturated rings. The summed E-state index contributed by atoms with van der Waals surface area (Å²) >= 11 is 1.35. The van der Waals surface area contributed by atoms with Gasteiger partial charge in [0.25, 0.3) is 5.91 Å². The van der Waals surface area contributed by atoms with Crippen molar-refractivity contribution in [3.63, 3.8) is 0 Å². The number of amides is 1. The first-order valence-corrected chi connectivity index (χ1v) is 8.99. The molecule has 0 aliphatic carbocycles. The summed E-state index contributed by atoms with van der Waals surface area (Å²) in [5, 5.41) is 8.16. The lowest BCUT2D eigenvalue weighted by Gasteiger charge is -2.22. The van der Waals surface area contributed by atoms with Gasteiger partial charge in [0.05, 0.1) is 17.5 Å². The van der Waals surface area contributed by atoms with Gasteiger partial charge in [0.2, 0.25) is 0 Å². The SMILES string of the molecule is CNc1snc(C)c1C(=O)N1CCCN(Cc2cnn(C)c2)CC1. The standard InChI is InChI=1S/C16H24N6OS/c1-12-14(15(17-2)24-19-12)16(23)22-6-4-5-21(7-8-22)11-13-9-18-20(3)10-13/h9-10,17H,4-8,11H2,1-3H3. The third-order valence-electron chi connectivity index (χ3n) is 4.34. The molecule has 1 N–H and O–H groups in total. The average molecular weight is 348 g/mol. The monoisotopic (exact) mass is 348 g/mol. The van der Waals surface area contributed by atoms with Gasteiger partial charge in [0.15, 0.2) is 0 Å². The van der Waals surface area contributed by atoms with Crippen molar-refractivity contribution in [2.75, 3.05) is 38.5 Å². The van der Waals surface area contributed by atoms with Gasteiger partial charge in [0.1, 0.15) is 5.00 Å². The lowest BCUT2D eigenvalue weighted by Crippen LogP contribution is -2.35. The average Bonchev–Trinajstić information content (AvgIpc) is 3.05. The Morgan fingerprint density at radius 3 is 2.88 bits per heavy atom. The van der Waals surface area contributed by atoms with Crippen molar-refractivity contribution >= 4 is 22.4 Å². The number of nitrogens with one attached hydrogen (secondary N) is 1. The maximum absolute atomic E-state index is 12.9. The number of carbonyl (C=O) groups excluding carboxylic acids is 1. The normalized spacial score (nSPS) is 16.2. The van der Waals surface area contributed by atoms with Gasteiger partial charge in [-0.05, 0) is 24.9 Å². The fourth-order valence-corrected chi connectivity index (χ4v) is 3.83. The minimum atomic E-state index is 0.0915. The highest BCUT2D eigenvalue weighted by Gasteiger charge is 2.25. The molecule has 1 saturated heterocycles. The van der Waals surface area contributed by atoms with Crippen molar-refractivity contribution in [3.05, 3.63) is 29.2 Å². The summed E-state index contributed by atoms with van der Waals surface area (Å²) in [4.78, 5) is 17.3. The summed E-state index contributed by atoms with van der Waals surface area (Å²) in [5.74, 6) is 0.0915. The fraction of sp³-hybridized carbons (Fsp3) is 0.562. The van der Waals surface area contributed by atoms with Crippen molar-refractivity contribution in [1.29, 1.82) is 0 Å². The molecule has 1 aliphatic heterocycles. The van der Waals surface area contributed by atoms with E-state index in [0.29, 0.717) is 0 Å². The first kappa shape index (κ1) is 16.9. The third-order valence-corrected chi connectivity index (χ3v) is 5.30. The van der Waals surface area contributed by atoms with Crippen LogP contribution < -0.4 is 5.32 Å². The van der Waals surface area contributed by atoms with Crippen LogP contribution in [0, 0.1) is 6.92 Å². The maximum Gasteiger partial charge on any atom is 0.258 e. The molecular formula is C16H24N6OS. The van der Waals surface area contributed by atoms with Crippen molar-refractivity contribution in [2.24, 2.45) is 7.05 Å². The molecule has 0 unspecified atom stereocenters. The van der Waals surface area contributed by atoms with Gasteiger partial charge < -0.3 is 10.2 Å². The van der Waals surface area contributed by atoms with E-state index >= 15 is 0 Å². The van der Waals surface area contributed by atoms with E-state index in [4.69, 9.17) is 0 Å². The molecule has 0 spiro atoms. The second kappa shape index (κ2) is 7.31. The molecule has 0 radical (unpaired) electrons. The topological polar surface area (TPSA) is 66.3 Å².